The summed E-state index contributed by atoms with van der Waals surface area (Å²) < 4.78 is 6.88. The molecule has 0 bridgehead atoms. The molecule has 122 valence electrons. The van der Waals surface area contributed by atoms with E-state index in [-0.39, 0.29) is 6.10 Å². The molecular weight excluding hydrogens is 390 g/mol. The van der Waals surface area contributed by atoms with Gasteiger partial charge in [0.15, 0.2) is 0 Å². The molecule has 4 nitrogen and oxygen atoms in total. The van der Waals surface area contributed by atoms with Gasteiger partial charge in [-0.1, -0.05) is 29.8 Å². The Labute approximate surface area is 153 Å². The van der Waals surface area contributed by atoms with E-state index in [1.165, 1.54) is 0 Å². The largest absolute Gasteiger partial charge is 0.370 e. The molecule has 2 aromatic heterocycles. The molecule has 1 atom stereocenters. The highest BCUT2D eigenvalue weighted by Gasteiger charge is 2.25. The van der Waals surface area contributed by atoms with Gasteiger partial charge in [-0.05, 0) is 34.1 Å². The number of nitrogens with zero attached hydrogens (tertiary/aromatic N) is 3. The maximum absolute atomic E-state index is 6.34. The highest BCUT2D eigenvalue weighted by atomic mass is 79.9. The van der Waals surface area contributed by atoms with E-state index in [0.29, 0.717) is 6.61 Å². The van der Waals surface area contributed by atoms with Crippen LogP contribution in [0.25, 0.3) is 11.0 Å². The molecule has 0 N–H and O–H groups in total. The maximum Gasteiger partial charge on any atom is 0.112 e. The fourth-order valence-corrected chi connectivity index (χ4v) is 3.62. The van der Waals surface area contributed by atoms with Gasteiger partial charge in [0.25, 0.3) is 0 Å². The highest BCUT2D eigenvalue weighted by Crippen LogP contribution is 2.32. The van der Waals surface area contributed by atoms with E-state index in [1.54, 1.807) is 6.20 Å². The van der Waals surface area contributed by atoms with Gasteiger partial charge >= 0.3 is 0 Å². The summed E-state index contributed by atoms with van der Waals surface area (Å²) in [4.78, 5) is 11.3. The number of halogens is 2. The van der Waals surface area contributed by atoms with Crippen molar-refractivity contribution in [1.82, 2.24) is 9.97 Å². The van der Waals surface area contributed by atoms with Crippen LogP contribution in [0.2, 0.25) is 5.02 Å². The van der Waals surface area contributed by atoms with Gasteiger partial charge in [-0.25, -0.2) is 0 Å². The first-order valence-corrected chi connectivity index (χ1v) is 8.91. The van der Waals surface area contributed by atoms with Crippen LogP contribution in [0.3, 0.4) is 0 Å². The minimum absolute atomic E-state index is 0.0499. The Hall–Kier alpha value is -1.69. The lowest BCUT2D eigenvalue weighted by Gasteiger charge is -2.35. The second-order valence-corrected chi connectivity index (χ2v) is 7.00. The third-order valence-electron chi connectivity index (χ3n) is 4.18. The maximum atomic E-state index is 6.34. The number of pyridine rings is 2. The van der Waals surface area contributed by atoms with Crippen LogP contribution in [-0.4, -0.2) is 29.7 Å². The van der Waals surface area contributed by atoms with Crippen LogP contribution in [0.1, 0.15) is 11.7 Å². The topological polar surface area (TPSA) is 38.2 Å². The number of aromatic nitrogens is 2. The van der Waals surface area contributed by atoms with Gasteiger partial charge in [0.1, 0.15) is 11.6 Å². The van der Waals surface area contributed by atoms with Crippen molar-refractivity contribution in [2.45, 2.75) is 6.10 Å². The van der Waals surface area contributed by atoms with Crippen molar-refractivity contribution in [2.24, 2.45) is 0 Å². The average molecular weight is 405 g/mol. The minimum atomic E-state index is -0.0499. The smallest absolute Gasteiger partial charge is 0.112 e. The van der Waals surface area contributed by atoms with Crippen molar-refractivity contribution in [1.29, 1.82) is 0 Å². The monoisotopic (exact) mass is 403 g/mol. The van der Waals surface area contributed by atoms with Crippen LogP contribution in [0.5, 0.6) is 0 Å². The van der Waals surface area contributed by atoms with Crippen molar-refractivity contribution < 1.29 is 4.74 Å². The molecule has 3 heterocycles. The molecule has 1 unspecified atom stereocenters. The third kappa shape index (κ3) is 2.99. The molecule has 0 aliphatic carbocycles. The van der Waals surface area contributed by atoms with Gasteiger partial charge in [-0.3, -0.25) is 9.97 Å². The Morgan fingerprint density at radius 3 is 2.96 bits per heavy atom. The quantitative estimate of drug-likeness (QED) is 0.624. The predicted octanol–water partition coefficient (Wildman–Crippen LogP) is 4.62. The first-order valence-electron chi connectivity index (χ1n) is 7.73. The first kappa shape index (κ1) is 15.8. The summed E-state index contributed by atoms with van der Waals surface area (Å²) in [6.07, 6.45) is 3.58. The lowest BCUT2D eigenvalue weighted by atomic mass is 10.1. The molecule has 0 amide bonds. The van der Waals surface area contributed by atoms with Crippen molar-refractivity contribution in [3.63, 3.8) is 0 Å². The normalized spacial score (nSPS) is 18.1. The summed E-state index contributed by atoms with van der Waals surface area (Å²) in [5.74, 6) is 0. The molecule has 0 saturated carbocycles. The Balaban J connectivity index is 1.69. The molecule has 24 heavy (non-hydrogen) atoms. The second-order valence-electron chi connectivity index (χ2n) is 5.68. The summed E-state index contributed by atoms with van der Waals surface area (Å²) in [6, 6.07) is 11.8. The molecule has 6 heteroatoms. The lowest BCUT2D eigenvalue weighted by molar-refractivity contribution is 0.0399. The van der Waals surface area contributed by atoms with Crippen LogP contribution < -0.4 is 4.90 Å². The van der Waals surface area contributed by atoms with Gasteiger partial charge in [0.2, 0.25) is 0 Å². The van der Waals surface area contributed by atoms with Gasteiger partial charge in [0.05, 0.1) is 17.8 Å². The summed E-state index contributed by atoms with van der Waals surface area (Å²) in [5, 5.41) is 0.742. The Morgan fingerprint density at radius 1 is 1.21 bits per heavy atom. The van der Waals surface area contributed by atoms with Gasteiger partial charge < -0.3 is 9.64 Å². The number of anilines is 1. The molecule has 1 aliphatic heterocycles. The minimum Gasteiger partial charge on any atom is -0.370 e. The van der Waals surface area contributed by atoms with E-state index in [2.05, 4.69) is 30.8 Å². The number of hydrogen-bond acceptors (Lipinski definition) is 4. The van der Waals surface area contributed by atoms with Crippen LogP contribution in [-0.2, 0) is 4.74 Å². The molecule has 3 aromatic rings. The first-order chi connectivity index (χ1) is 11.7. The number of ether oxygens (including phenoxy) is 1. The molecule has 1 aliphatic rings. The van der Waals surface area contributed by atoms with Crippen LogP contribution in [0, 0.1) is 0 Å². The molecule has 1 saturated heterocycles. The molecule has 0 radical (unpaired) electrons. The molecule has 0 spiro atoms. The lowest BCUT2D eigenvalue weighted by Crippen LogP contribution is -2.38. The third-order valence-corrected chi connectivity index (χ3v) is 4.96. The standard InChI is InChI=1S/C18H15BrClN3O/c19-12-9-15-18(22-10-12)16(5-6-21-15)23-7-8-24-17(11-23)13-3-1-2-4-14(13)20/h1-6,9-10,17H,7-8,11H2. The van der Waals surface area contributed by atoms with E-state index >= 15 is 0 Å². The number of benzene rings is 1. The Kier molecular flexibility index (Phi) is 4.39. The zero-order valence-electron chi connectivity index (χ0n) is 12.8. The molecule has 1 fully saturated rings. The van der Waals surface area contributed by atoms with E-state index in [1.807, 2.05) is 42.6 Å². The molecule has 1 aromatic carbocycles. The zero-order valence-corrected chi connectivity index (χ0v) is 15.2. The number of fused-ring (bicyclic) bond motifs is 1. The summed E-state index contributed by atoms with van der Waals surface area (Å²) in [7, 11) is 0. The summed E-state index contributed by atoms with van der Waals surface area (Å²) in [6.45, 7) is 2.20. The summed E-state index contributed by atoms with van der Waals surface area (Å²) in [5.41, 5.74) is 3.88. The van der Waals surface area contributed by atoms with Crippen LogP contribution in [0.15, 0.2) is 53.3 Å². The summed E-state index contributed by atoms with van der Waals surface area (Å²) >= 11 is 9.79. The van der Waals surface area contributed by atoms with Crippen molar-refractivity contribution in [2.75, 3.05) is 24.6 Å². The Morgan fingerprint density at radius 2 is 2.08 bits per heavy atom. The van der Waals surface area contributed by atoms with E-state index < -0.39 is 0 Å². The van der Waals surface area contributed by atoms with E-state index in [4.69, 9.17) is 16.3 Å². The Bertz CT molecular complexity index is 889. The fourth-order valence-electron chi connectivity index (χ4n) is 3.04. The average Bonchev–Trinajstić information content (AvgIpc) is 2.61. The van der Waals surface area contributed by atoms with E-state index in [0.717, 1.165) is 44.9 Å². The van der Waals surface area contributed by atoms with Crippen molar-refractivity contribution in [3.05, 3.63) is 63.9 Å². The van der Waals surface area contributed by atoms with E-state index in [9.17, 15) is 0 Å². The van der Waals surface area contributed by atoms with Gasteiger partial charge in [-0.15, -0.1) is 0 Å². The fraction of sp³-hybridized carbons (Fsp3) is 0.222. The molecule has 4 rings (SSSR count). The van der Waals surface area contributed by atoms with Crippen molar-refractivity contribution >= 4 is 44.3 Å². The zero-order chi connectivity index (χ0) is 16.5. The van der Waals surface area contributed by atoms with Crippen molar-refractivity contribution in [3.8, 4) is 0 Å². The predicted molar refractivity (Wildman–Crippen MR) is 99.6 cm³/mol. The van der Waals surface area contributed by atoms with Crippen LogP contribution >= 0.6 is 27.5 Å². The highest BCUT2D eigenvalue weighted by molar-refractivity contribution is 9.10. The molecular formula is C18H15BrClN3O. The SMILES string of the molecule is Clc1ccccc1C1CN(c2ccnc3cc(Br)cnc23)CCO1. The van der Waals surface area contributed by atoms with Gasteiger partial charge in [-0.2, -0.15) is 0 Å². The van der Waals surface area contributed by atoms with Gasteiger partial charge in [0, 0.05) is 40.5 Å². The number of rotatable bonds is 2. The number of morpholine rings is 1. The van der Waals surface area contributed by atoms with Crippen LogP contribution in [0.4, 0.5) is 5.69 Å². The second kappa shape index (κ2) is 6.67. The number of hydrogen-bond donors (Lipinski definition) is 0.